The van der Waals surface area contributed by atoms with Crippen molar-refractivity contribution < 1.29 is 19.1 Å². The fourth-order valence-electron chi connectivity index (χ4n) is 4.64. The monoisotopic (exact) mass is 438 g/mol. The van der Waals surface area contributed by atoms with Gasteiger partial charge >= 0.3 is 11.9 Å². The molecule has 3 unspecified atom stereocenters. The molecule has 0 bridgehead atoms. The van der Waals surface area contributed by atoms with Gasteiger partial charge in [0.15, 0.2) is 0 Å². The second kappa shape index (κ2) is 16.6. The first-order valence-corrected chi connectivity index (χ1v) is 13.2. The van der Waals surface area contributed by atoms with Gasteiger partial charge in [0.25, 0.3) is 0 Å². The molecule has 1 aliphatic rings. The number of hydrogen-bond acceptors (Lipinski definition) is 4. The molecule has 0 spiro atoms. The zero-order chi connectivity index (χ0) is 23.1. The van der Waals surface area contributed by atoms with Gasteiger partial charge in [-0.3, -0.25) is 9.59 Å². The van der Waals surface area contributed by atoms with Crippen molar-refractivity contribution in [1.29, 1.82) is 0 Å². The van der Waals surface area contributed by atoms with Gasteiger partial charge in [0.05, 0.1) is 25.0 Å². The minimum Gasteiger partial charge on any atom is -0.465 e. The Morgan fingerprint density at radius 2 is 1.19 bits per heavy atom. The Hall–Kier alpha value is -1.06. The number of hydrogen-bond donors (Lipinski definition) is 0. The van der Waals surface area contributed by atoms with Crippen LogP contribution in [0.1, 0.15) is 118 Å². The highest BCUT2D eigenvalue weighted by atomic mass is 16.5. The Bertz CT molecular complexity index is 486. The summed E-state index contributed by atoms with van der Waals surface area (Å²) in [7, 11) is 0. The molecular weight excluding hydrogens is 388 g/mol. The quantitative estimate of drug-likeness (QED) is 0.187. The second-order valence-corrected chi connectivity index (χ2v) is 10.6. The molecule has 0 aliphatic heterocycles. The molecule has 0 radical (unpaired) electrons. The van der Waals surface area contributed by atoms with E-state index >= 15 is 0 Å². The summed E-state index contributed by atoms with van der Waals surface area (Å²) in [6, 6.07) is 0. The van der Waals surface area contributed by atoms with Crippen molar-refractivity contribution in [2.24, 2.45) is 29.6 Å². The van der Waals surface area contributed by atoms with E-state index in [4.69, 9.17) is 9.47 Å². The standard InChI is InChI=1S/C27H50O4/c1-21(2)15-10-6-8-12-19-30-26(28)24-18-14-17-23(5)25(24)27(29)31-20-13-9-7-11-16-22(3)4/h21-25H,6-20H2,1-5H3. The zero-order valence-electron chi connectivity index (χ0n) is 21.1. The zero-order valence-corrected chi connectivity index (χ0v) is 21.1. The van der Waals surface area contributed by atoms with Crippen LogP contribution in [-0.2, 0) is 19.1 Å². The van der Waals surface area contributed by atoms with Crippen molar-refractivity contribution in [3.05, 3.63) is 0 Å². The molecule has 0 saturated heterocycles. The number of carbonyl (C=O) groups is 2. The molecule has 0 N–H and O–H groups in total. The van der Waals surface area contributed by atoms with E-state index in [1.165, 1.54) is 38.5 Å². The van der Waals surface area contributed by atoms with Crippen LogP contribution in [0.3, 0.4) is 0 Å². The highest BCUT2D eigenvalue weighted by Crippen LogP contribution is 2.36. The van der Waals surface area contributed by atoms with Crippen molar-refractivity contribution in [3.63, 3.8) is 0 Å². The summed E-state index contributed by atoms with van der Waals surface area (Å²) in [5.41, 5.74) is 0. The van der Waals surface area contributed by atoms with Crippen LogP contribution in [-0.4, -0.2) is 25.2 Å². The molecule has 0 aromatic carbocycles. The summed E-state index contributed by atoms with van der Waals surface area (Å²) in [5.74, 6) is 0.645. The van der Waals surface area contributed by atoms with Crippen molar-refractivity contribution in [2.45, 2.75) is 118 Å². The Morgan fingerprint density at radius 3 is 1.71 bits per heavy atom. The molecule has 0 aromatic rings. The third-order valence-corrected chi connectivity index (χ3v) is 6.64. The van der Waals surface area contributed by atoms with Crippen LogP contribution in [0.5, 0.6) is 0 Å². The molecule has 0 amide bonds. The van der Waals surface area contributed by atoms with E-state index in [9.17, 15) is 9.59 Å². The van der Waals surface area contributed by atoms with E-state index in [0.717, 1.165) is 56.8 Å². The van der Waals surface area contributed by atoms with Crippen LogP contribution in [0.15, 0.2) is 0 Å². The lowest BCUT2D eigenvalue weighted by atomic mass is 9.73. The van der Waals surface area contributed by atoms with E-state index in [1.54, 1.807) is 0 Å². The van der Waals surface area contributed by atoms with Crippen LogP contribution in [0.25, 0.3) is 0 Å². The fourth-order valence-corrected chi connectivity index (χ4v) is 4.64. The van der Waals surface area contributed by atoms with Gasteiger partial charge in [-0.1, -0.05) is 92.4 Å². The van der Waals surface area contributed by atoms with E-state index < -0.39 is 0 Å². The average Bonchev–Trinajstić information content (AvgIpc) is 2.71. The summed E-state index contributed by atoms with van der Waals surface area (Å²) < 4.78 is 11.2. The third-order valence-electron chi connectivity index (χ3n) is 6.64. The Kier molecular flexibility index (Phi) is 14.9. The molecule has 4 nitrogen and oxygen atoms in total. The minimum atomic E-state index is -0.340. The van der Waals surface area contributed by atoms with Crippen LogP contribution in [0, 0.1) is 29.6 Å². The van der Waals surface area contributed by atoms with Crippen LogP contribution >= 0.6 is 0 Å². The van der Waals surface area contributed by atoms with Crippen molar-refractivity contribution in [3.8, 4) is 0 Å². The maximum Gasteiger partial charge on any atom is 0.310 e. The summed E-state index contributed by atoms with van der Waals surface area (Å²) in [4.78, 5) is 25.5. The van der Waals surface area contributed by atoms with E-state index in [2.05, 4.69) is 34.6 Å². The minimum absolute atomic E-state index is 0.181. The molecule has 1 rings (SSSR count). The lowest BCUT2D eigenvalue weighted by Crippen LogP contribution is -2.39. The number of unbranched alkanes of at least 4 members (excludes halogenated alkanes) is 6. The van der Waals surface area contributed by atoms with Gasteiger partial charge in [-0.05, 0) is 43.4 Å². The third kappa shape index (κ3) is 12.5. The first-order chi connectivity index (χ1) is 14.8. The summed E-state index contributed by atoms with van der Waals surface area (Å²) >= 11 is 0. The first-order valence-electron chi connectivity index (χ1n) is 13.2. The lowest BCUT2D eigenvalue weighted by Gasteiger charge is -2.33. The Balaban J connectivity index is 2.31. The largest absolute Gasteiger partial charge is 0.465 e. The summed E-state index contributed by atoms with van der Waals surface area (Å²) in [6.45, 7) is 12.0. The second-order valence-electron chi connectivity index (χ2n) is 10.6. The summed E-state index contributed by atoms with van der Waals surface area (Å²) in [6.07, 6.45) is 14.2. The van der Waals surface area contributed by atoms with Crippen molar-refractivity contribution >= 4 is 11.9 Å². The van der Waals surface area contributed by atoms with Crippen LogP contribution in [0.2, 0.25) is 0 Å². The molecule has 0 aromatic heterocycles. The maximum absolute atomic E-state index is 12.8. The maximum atomic E-state index is 12.8. The lowest BCUT2D eigenvalue weighted by molar-refractivity contribution is -0.165. The molecule has 0 heterocycles. The van der Waals surface area contributed by atoms with Gasteiger partial charge in [-0.15, -0.1) is 0 Å². The molecule has 4 heteroatoms. The molecule has 3 atom stereocenters. The van der Waals surface area contributed by atoms with Gasteiger partial charge in [-0.2, -0.15) is 0 Å². The fraction of sp³-hybridized carbons (Fsp3) is 0.926. The van der Waals surface area contributed by atoms with E-state index in [1.807, 2.05) is 0 Å². The smallest absolute Gasteiger partial charge is 0.310 e. The van der Waals surface area contributed by atoms with Crippen molar-refractivity contribution in [2.75, 3.05) is 13.2 Å². The number of carbonyl (C=O) groups excluding carboxylic acids is 2. The SMILES string of the molecule is CC(C)CCCCCCOC(=O)C1CCCC(C)C1C(=O)OCCCCCCC(C)C. The van der Waals surface area contributed by atoms with Gasteiger partial charge in [0.2, 0.25) is 0 Å². The Morgan fingerprint density at radius 1 is 0.710 bits per heavy atom. The molecule has 1 fully saturated rings. The number of rotatable bonds is 16. The van der Waals surface area contributed by atoms with Gasteiger partial charge in [0, 0.05) is 0 Å². The van der Waals surface area contributed by atoms with Crippen LogP contribution < -0.4 is 0 Å². The first kappa shape index (κ1) is 28.0. The van der Waals surface area contributed by atoms with Gasteiger partial charge < -0.3 is 9.47 Å². The number of esters is 2. The predicted molar refractivity (Wildman–Crippen MR) is 128 cm³/mol. The predicted octanol–water partition coefficient (Wildman–Crippen LogP) is 7.34. The molecular formula is C27H50O4. The normalized spacial score (nSPS) is 21.5. The highest BCUT2D eigenvalue weighted by Gasteiger charge is 2.41. The Labute approximate surface area is 192 Å². The van der Waals surface area contributed by atoms with E-state index in [0.29, 0.717) is 13.2 Å². The molecule has 1 saturated carbocycles. The van der Waals surface area contributed by atoms with E-state index in [-0.39, 0.29) is 29.7 Å². The molecule has 1 aliphatic carbocycles. The highest BCUT2D eigenvalue weighted by molar-refractivity contribution is 5.82. The van der Waals surface area contributed by atoms with Gasteiger partial charge in [-0.25, -0.2) is 0 Å². The van der Waals surface area contributed by atoms with Gasteiger partial charge in [0.1, 0.15) is 0 Å². The summed E-state index contributed by atoms with van der Waals surface area (Å²) in [5, 5.41) is 0. The van der Waals surface area contributed by atoms with Crippen molar-refractivity contribution in [1.82, 2.24) is 0 Å². The number of ether oxygens (including phenoxy) is 2. The molecule has 182 valence electrons. The van der Waals surface area contributed by atoms with Crippen LogP contribution in [0.4, 0.5) is 0 Å². The average molecular weight is 439 g/mol. The molecule has 31 heavy (non-hydrogen) atoms. The topological polar surface area (TPSA) is 52.6 Å².